The van der Waals surface area contributed by atoms with Crippen molar-refractivity contribution in [1.29, 1.82) is 0 Å². The van der Waals surface area contributed by atoms with Crippen molar-refractivity contribution in [3.8, 4) is 17.3 Å². The average Bonchev–Trinajstić information content (AvgIpc) is 3.73. The fourth-order valence-corrected chi connectivity index (χ4v) is 4.89. The molecule has 1 aliphatic carbocycles. The SMILES string of the molecule is COc1ccc(CN(C(=O)Cn2nnc(-c3ccc(C)o3)n2)C(C(=O)NC2CCCC2)c2ccc(F)cc2)cc1. The van der Waals surface area contributed by atoms with Gasteiger partial charge in [-0.15, -0.1) is 10.2 Å². The normalized spacial score (nSPS) is 14.2. The summed E-state index contributed by atoms with van der Waals surface area (Å²) in [6.07, 6.45) is 3.84. The van der Waals surface area contributed by atoms with Crippen LogP contribution in [0.5, 0.6) is 5.75 Å². The van der Waals surface area contributed by atoms with E-state index in [9.17, 15) is 14.0 Å². The third kappa shape index (κ3) is 6.36. The minimum absolute atomic E-state index is 0.0321. The van der Waals surface area contributed by atoms with Gasteiger partial charge in [-0.25, -0.2) is 4.39 Å². The maximum absolute atomic E-state index is 13.9. The molecule has 10 nitrogen and oxygen atoms in total. The van der Waals surface area contributed by atoms with Crippen molar-refractivity contribution >= 4 is 11.8 Å². The number of amides is 2. The van der Waals surface area contributed by atoms with Crippen LogP contribution < -0.4 is 10.1 Å². The van der Waals surface area contributed by atoms with E-state index in [0.717, 1.165) is 31.2 Å². The van der Waals surface area contributed by atoms with Crippen molar-refractivity contribution in [2.45, 2.75) is 57.8 Å². The van der Waals surface area contributed by atoms with Crippen molar-refractivity contribution < 1.29 is 23.1 Å². The number of aromatic nitrogens is 4. The zero-order valence-corrected chi connectivity index (χ0v) is 22.4. The lowest BCUT2D eigenvalue weighted by atomic mass is 10.0. The molecule has 1 fully saturated rings. The largest absolute Gasteiger partial charge is 0.497 e. The Labute approximate surface area is 231 Å². The van der Waals surface area contributed by atoms with Gasteiger partial charge < -0.3 is 19.4 Å². The lowest BCUT2D eigenvalue weighted by Crippen LogP contribution is -2.46. The second-order valence-electron chi connectivity index (χ2n) is 9.87. The predicted molar refractivity (Wildman–Crippen MR) is 143 cm³/mol. The van der Waals surface area contributed by atoms with E-state index in [4.69, 9.17) is 9.15 Å². The van der Waals surface area contributed by atoms with Crippen LogP contribution in [0, 0.1) is 12.7 Å². The number of tetrazole rings is 1. The second-order valence-corrected chi connectivity index (χ2v) is 9.87. The topological polar surface area (TPSA) is 115 Å². The number of nitrogens with one attached hydrogen (secondary N) is 1. The Bertz CT molecular complexity index is 1440. The Morgan fingerprint density at radius 1 is 1.10 bits per heavy atom. The Morgan fingerprint density at radius 2 is 1.82 bits per heavy atom. The van der Waals surface area contributed by atoms with Gasteiger partial charge in [0.15, 0.2) is 5.76 Å². The van der Waals surface area contributed by atoms with Crippen molar-refractivity contribution in [1.82, 2.24) is 30.4 Å². The van der Waals surface area contributed by atoms with Gasteiger partial charge in [0.05, 0.1) is 7.11 Å². The van der Waals surface area contributed by atoms with Gasteiger partial charge in [-0.05, 0) is 72.5 Å². The van der Waals surface area contributed by atoms with E-state index in [-0.39, 0.29) is 30.9 Å². The first-order valence-corrected chi connectivity index (χ1v) is 13.2. The van der Waals surface area contributed by atoms with Gasteiger partial charge in [-0.3, -0.25) is 9.59 Å². The molecule has 0 bridgehead atoms. The first-order chi connectivity index (χ1) is 19.4. The zero-order chi connectivity index (χ0) is 28.1. The van der Waals surface area contributed by atoms with Gasteiger partial charge in [-0.2, -0.15) is 4.80 Å². The lowest BCUT2D eigenvalue weighted by Gasteiger charge is -2.32. The van der Waals surface area contributed by atoms with E-state index in [0.29, 0.717) is 22.8 Å². The molecule has 2 aromatic heterocycles. The molecule has 1 aliphatic rings. The van der Waals surface area contributed by atoms with Crippen LogP contribution in [0.4, 0.5) is 4.39 Å². The van der Waals surface area contributed by atoms with Crippen molar-refractivity contribution in [3.05, 3.63) is 83.4 Å². The van der Waals surface area contributed by atoms with Gasteiger partial charge in [0.2, 0.25) is 17.6 Å². The molecule has 0 spiro atoms. The second kappa shape index (κ2) is 12.1. The molecule has 2 heterocycles. The lowest BCUT2D eigenvalue weighted by molar-refractivity contribution is -0.142. The molecule has 4 aromatic rings. The highest BCUT2D eigenvalue weighted by atomic mass is 19.1. The number of halogens is 1. The number of carbonyl (C=O) groups is 2. The van der Waals surface area contributed by atoms with Crippen LogP contribution in [0.15, 0.2) is 65.1 Å². The summed E-state index contributed by atoms with van der Waals surface area (Å²) in [6, 6.07) is 15.4. The van der Waals surface area contributed by atoms with E-state index in [1.807, 2.05) is 12.1 Å². The van der Waals surface area contributed by atoms with E-state index >= 15 is 0 Å². The molecule has 5 rings (SSSR count). The summed E-state index contributed by atoms with van der Waals surface area (Å²) in [4.78, 5) is 30.3. The summed E-state index contributed by atoms with van der Waals surface area (Å²) in [6.45, 7) is 1.65. The standard InChI is InChI=1S/C29H31FN6O4/c1-19-7-16-25(40-19)28-32-34-36(33-28)18-26(37)35(17-20-8-14-24(39-2)15-9-20)27(21-10-12-22(30)13-11-21)29(38)31-23-5-3-4-6-23/h7-16,23,27H,3-6,17-18H2,1-2H3,(H,31,38). The highest BCUT2D eigenvalue weighted by Crippen LogP contribution is 2.27. The summed E-state index contributed by atoms with van der Waals surface area (Å²) in [5, 5.41) is 15.5. The van der Waals surface area contributed by atoms with Gasteiger partial charge in [0.1, 0.15) is 29.9 Å². The van der Waals surface area contributed by atoms with Gasteiger partial charge in [0.25, 0.3) is 0 Å². The fraction of sp³-hybridized carbons (Fsp3) is 0.345. The molecule has 2 aromatic carbocycles. The van der Waals surface area contributed by atoms with Gasteiger partial charge >= 0.3 is 0 Å². The quantitative estimate of drug-likeness (QED) is 0.317. The molecule has 1 atom stereocenters. The van der Waals surface area contributed by atoms with Crippen molar-refractivity contribution in [2.24, 2.45) is 0 Å². The number of furan rings is 1. The van der Waals surface area contributed by atoms with Crippen molar-refractivity contribution in [3.63, 3.8) is 0 Å². The average molecular weight is 547 g/mol. The first kappa shape index (κ1) is 27.0. The monoisotopic (exact) mass is 546 g/mol. The molecule has 0 aliphatic heterocycles. The van der Waals surface area contributed by atoms with Crippen molar-refractivity contribution in [2.75, 3.05) is 7.11 Å². The molecule has 1 unspecified atom stereocenters. The van der Waals surface area contributed by atoms with Crippen LogP contribution in [0.25, 0.3) is 11.6 Å². The number of hydrogen-bond acceptors (Lipinski definition) is 7. The van der Waals surface area contributed by atoms with Gasteiger partial charge in [0, 0.05) is 12.6 Å². The van der Waals surface area contributed by atoms with Crippen LogP contribution >= 0.6 is 0 Å². The fourth-order valence-electron chi connectivity index (χ4n) is 4.89. The molecule has 1 N–H and O–H groups in total. The molecule has 40 heavy (non-hydrogen) atoms. The van der Waals surface area contributed by atoms with Gasteiger partial charge in [-0.1, -0.05) is 37.1 Å². The minimum atomic E-state index is -1.01. The third-order valence-electron chi connectivity index (χ3n) is 6.97. The molecule has 2 amide bonds. The molecule has 11 heteroatoms. The first-order valence-electron chi connectivity index (χ1n) is 13.2. The molecule has 0 radical (unpaired) electrons. The summed E-state index contributed by atoms with van der Waals surface area (Å²) in [7, 11) is 1.58. The number of carbonyl (C=O) groups excluding carboxylic acids is 2. The maximum Gasteiger partial charge on any atom is 0.247 e. The number of benzene rings is 2. The number of rotatable bonds is 10. The minimum Gasteiger partial charge on any atom is -0.497 e. The van der Waals surface area contributed by atoms with E-state index in [1.165, 1.54) is 34.0 Å². The van der Waals surface area contributed by atoms with E-state index in [2.05, 4.69) is 20.7 Å². The summed E-state index contributed by atoms with van der Waals surface area (Å²) < 4.78 is 24.7. The number of ether oxygens (including phenoxy) is 1. The number of aryl methyl sites for hydroxylation is 1. The van der Waals surface area contributed by atoms with E-state index in [1.54, 1.807) is 38.3 Å². The van der Waals surface area contributed by atoms with E-state index < -0.39 is 17.8 Å². The number of methoxy groups -OCH3 is 1. The Kier molecular flexibility index (Phi) is 8.18. The van der Waals surface area contributed by atoms with Crippen LogP contribution in [-0.4, -0.2) is 50.1 Å². The summed E-state index contributed by atoms with van der Waals surface area (Å²) >= 11 is 0. The summed E-state index contributed by atoms with van der Waals surface area (Å²) in [5.41, 5.74) is 1.28. The third-order valence-corrected chi connectivity index (χ3v) is 6.97. The molecule has 208 valence electrons. The highest BCUT2D eigenvalue weighted by Gasteiger charge is 2.34. The predicted octanol–water partition coefficient (Wildman–Crippen LogP) is 4.22. The molecule has 1 saturated carbocycles. The Balaban J connectivity index is 1.47. The smallest absolute Gasteiger partial charge is 0.247 e. The number of hydrogen-bond donors (Lipinski definition) is 1. The van der Waals surface area contributed by atoms with Crippen LogP contribution in [0.2, 0.25) is 0 Å². The summed E-state index contributed by atoms with van der Waals surface area (Å²) in [5.74, 6) is 0.888. The molecule has 0 saturated heterocycles. The Hall–Kier alpha value is -4.54. The van der Waals surface area contributed by atoms with Crippen LogP contribution in [0.3, 0.4) is 0 Å². The van der Waals surface area contributed by atoms with Crippen LogP contribution in [0.1, 0.15) is 48.6 Å². The zero-order valence-electron chi connectivity index (χ0n) is 22.4. The molecular weight excluding hydrogens is 515 g/mol. The highest BCUT2D eigenvalue weighted by molar-refractivity contribution is 5.89. The Morgan fingerprint density at radius 3 is 2.48 bits per heavy atom. The maximum atomic E-state index is 13.9. The van der Waals surface area contributed by atoms with Crippen LogP contribution in [-0.2, 0) is 22.7 Å². The molecular formula is C29H31FN6O4. The number of nitrogens with zero attached hydrogens (tertiary/aromatic N) is 5.